The molecule has 1 nitrogen and oxygen atoms in total. The van der Waals surface area contributed by atoms with E-state index in [1.807, 2.05) is 0 Å². The molecule has 1 N–H and O–H groups in total. The van der Waals surface area contributed by atoms with Crippen molar-refractivity contribution in [3.63, 3.8) is 0 Å². The molecule has 0 fully saturated rings. The Morgan fingerprint density at radius 1 is 1.17 bits per heavy atom. The van der Waals surface area contributed by atoms with Gasteiger partial charge in [-0.3, -0.25) is 0 Å². The third-order valence-electron chi connectivity index (χ3n) is 0. The Bertz CT molecular complexity index is 23.0. The first kappa shape index (κ1) is 9.89. The van der Waals surface area contributed by atoms with Crippen LogP contribution in [0.4, 0.5) is 0 Å². The van der Waals surface area contributed by atoms with Crippen molar-refractivity contribution in [1.29, 1.82) is 0 Å². The predicted octanol–water partition coefficient (Wildman–Crippen LogP) is 0.396. The summed E-state index contributed by atoms with van der Waals surface area (Å²) in [5, 5.41) is 8.52. The van der Waals surface area contributed by atoms with Crippen LogP contribution in [0.2, 0.25) is 0 Å². The van der Waals surface area contributed by atoms with Crippen molar-refractivity contribution < 1.29 is 5.11 Å². The van der Waals surface area contributed by atoms with Gasteiger partial charge < -0.3 is 5.11 Å². The Kier molecular flexibility index (Phi) is 4.69. The van der Waals surface area contributed by atoms with Gasteiger partial charge in [-0.2, -0.15) is 0 Å². The Balaban J connectivity index is 0. The molecule has 0 saturated carbocycles. The van der Waals surface area contributed by atoms with Gasteiger partial charge in [-0.05, 0) is 20.8 Å². The van der Waals surface area contributed by atoms with Crippen molar-refractivity contribution in [2.75, 3.05) is 0 Å². The Morgan fingerprint density at radius 3 is 1.17 bits per heavy atom. The third kappa shape index (κ3) is 119. The normalized spacial score (nSPS) is 10.0. The molecule has 0 atom stereocenters. The van der Waals surface area contributed by atoms with Gasteiger partial charge in [-0.1, -0.05) is 0 Å². The van der Waals surface area contributed by atoms with Crippen molar-refractivity contribution in [3.05, 3.63) is 0 Å². The Morgan fingerprint density at radius 2 is 1.17 bits per heavy atom. The van der Waals surface area contributed by atoms with Gasteiger partial charge in [0, 0.05) is 23.7 Å². The molecular weight excluding hydrogens is 192 g/mol. The summed E-state index contributed by atoms with van der Waals surface area (Å²) >= 11 is 0. The summed E-state index contributed by atoms with van der Waals surface area (Å²) in [6.45, 7) is 5.23. The zero-order valence-corrected chi connectivity index (χ0v) is 6.69. The van der Waals surface area contributed by atoms with Gasteiger partial charge in [-0.25, -0.2) is 0 Å². The second-order valence-electron chi connectivity index (χ2n) is 2.17. The van der Waals surface area contributed by atoms with E-state index in [-0.39, 0.29) is 23.7 Å². The smallest absolute Gasteiger partial charge is 0.0563 e. The summed E-state index contributed by atoms with van der Waals surface area (Å²) in [4.78, 5) is 0. The van der Waals surface area contributed by atoms with E-state index in [2.05, 4.69) is 0 Å². The van der Waals surface area contributed by atoms with Gasteiger partial charge in [0.15, 0.2) is 0 Å². The topological polar surface area (TPSA) is 20.2 Å². The Hall–Kier alpha value is 0.750. The number of hydrogen-bond donors (Lipinski definition) is 1. The van der Waals surface area contributed by atoms with E-state index >= 15 is 0 Å². The van der Waals surface area contributed by atoms with Crippen LogP contribution < -0.4 is 0 Å². The average Bonchev–Trinajstić information content (AvgIpc) is 0.722. The average molecular weight is 202 g/mol. The zero-order chi connectivity index (χ0) is 4.50. The maximum atomic E-state index is 8.52. The molecule has 0 aliphatic carbocycles. The molecule has 0 bridgehead atoms. The fourth-order valence-electron chi connectivity index (χ4n) is 0. The van der Waals surface area contributed by atoms with Gasteiger partial charge in [-0.15, -0.1) is 0 Å². The van der Waals surface area contributed by atoms with E-state index < -0.39 is 5.60 Å². The number of hydrogen-bond acceptors (Lipinski definition) is 1. The van der Waals surface area contributed by atoms with Crippen LogP contribution in [-0.4, -0.2) is 34.4 Å². The van der Waals surface area contributed by atoms with Crippen molar-refractivity contribution in [1.82, 2.24) is 0 Å². The molecule has 0 aromatic heterocycles. The summed E-state index contributed by atoms with van der Waals surface area (Å²) < 4.78 is 0. The molecule has 38 valence electrons. The number of aliphatic hydroxyl groups is 1. The number of rotatable bonds is 0. The van der Waals surface area contributed by atoms with E-state index in [0.29, 0.717) is 0 Å². The first-order valence-electron chi connectivity index (χ1n) is 1.72. The molecule has 0 saturated heterocycles. The van der Waals surface area contributed by atoms with Crippen LogP contribution in [0.1, 0.15) is 20.8 Å². The minimum absolute atomic E-state index is 0. The van der Waals surface area contributed by atoms with Crippen LogP contribution >= 0.6 is 0 Å². The van der Waals surface area contributed by atoms with Crippen molar-refractivity contribution in [2.45, 2.75) is 26.4 Å². The molecule has 0 aliphatic heterocycles. The zero-order valence-electron chi connectivity index (χ0n) is 4.36. The molecule has 0 rings (SSSR count). The maximum Gasteiger partial charge on any atom is 0.0563 e. The molecule has 2 heteroatoms. The van der Waals surface area contributed by atoms with Gasteiger partial charge in [0.2, 0.25) is 0 Å². The van der Waals surface area contributed by atoms with Crippen molar-refractivity contribution in [3.8, 4) is 0 Å². The maximum absolute atomic E-state index is 8.52. The molecule has 0 heterocycles. The van der Waals surface area contributed by atoms with Crippen LogP contribution in [-0.2, 0) is 0 Å². The van der Waals surface area contributed by atoms with Gasteiger partial charge >= 0.3 is 0 Å². The SMILES string of the molecule is CC(C)(C)O.[Te]. The summed E-state index contributed by atoms with van der Waals surface area (Å²) in [7, 11) is 0. The summed E-state index contributed by atoms with van der Waals surface area (Å²) in [5.74, 6) is 0. The molecule has 0 spiro atoms. The molecule has 0 unspecified atom stereocenters. The first-order chi connectivity index (χ1) is 2.00. The van der Waals surface area contributed by atoms with Gasteiger partial charge in [0.25, 0.3) is 0 Å². The van der Waals surface area contributed by atoms with Crippen molar-refractivity contribution >= 4 is 23.7 Å². The second kappa shape index (κ2) is 2.85. The van der Waals surface area contributed by atoms with E-state index in [1.165, 1.54) is 0 Å². The van der Waals surface area contributed by atoms with E-state index in [4.69, 9.17) is 5.11 Å². The van der Waals surface area contributed by atoms with Crippen molar-refractivity contribution in [2.24, 2.45) is 0 Å². The molecule has 0 aromatic rings. The van der Waals surface area contributed by atoms with E-state index in [1.54, 1.807) is 20.8 Å². The van der Waals surface area contributed by atoms with Crippen LogP contribution in [0.15, 0.2) is 0 Å². The van der Waals surface area contributed by atoms with E-state index in [0.717, 1.165) is 0 Å². The van der Waals surface area contributed by atoms with Crippen LogP contribution in [0.25, 0.3) is 0 Å². The van der Waals surface area contributed by atoms with Crippen LogP contribution in [0.3, 0.4) is 0 Å². The first-order valence-corrected chi connectivity index (χ1v) is 1.72. The fourth-order valence-corrected chi connectivity index (χ4v) is 0. The van der Waals surface area contributed by atoms with Crippen LogP contribution in [0, 0.1) is 0 Å². The molecule has 0 aliphatic rings. The molecule has 0 aromatic carbocycles. The van der Waals surface area contributed by atoms with Gasteiger partial charge in [0.05, 0.1) is 5.60 Å². The predicted molar refractivity (Wildman–Crippen MR) is 27.7 cm³/mol. The second-order valence-corrected chi connectivity index (χ2v) is 2.17. The van der Waals surface area contributed by atoms with E-state index in [9.17, 15) is 0 Å². The quantitative estimate of drug-likeness (QED) is 0.563. The molecule has 6 heavy (non-hydrogen) atoms. The summed E-state index contributed by atoms with van der Waals surface area (Å²) in [5.41, 5.74) is -0.500. The fraction of sp³-hybridized carbons (Fsp3) is 1.00. The molecule has 0 amide bonds. The molecular formula is C4H10OTe. The minimum atomic E-state index is -0.500. The Labute approximate surface area is 55.5 Å². The standard InChI is InChI=1S/C4H10O.Te/c1-4(2,3)5;/h5H,1-3H3;. The van der Waals surface area contributed by atoms with Crippen LogP contribution in [0.5, 0.6) is 0 Å². The largest absolute Gasteiger partial charge is 0.391 e. The summed E-state index contributed by atoms with van der Waals surface area (Å²) in [6.07, 6.45) is 0. The minimum Gasteiger partial charge on any atom is -0.391 e. The third-order valence-corrected chi connectivity index (χ3v) is 0. The van der Waals surface area contributed by atoms with Gasteiger partial charge in [0.1, 0.15) is 0 Å². The monoisotopic (exact) mass is 204 g/mol. The molecule has 2 radical (unpaired) electrons. The summed E-state index contributed by atoms with van der Waals surface area (Å²) in [6, 6.07) is 0.